The van der Waals surface area contributed by atoms with Gasteiger partial charge in [0.25, 0.3) is 0 Å². The molecule has 1 saturated heterocycles. The first-order chi connectivity index (χ1) is 15.6. The number of sulfonamides is 1. The van der Waals surface area contributed by atoms with Crippen LogP contribution >= 0.6 is 0 Å². The molecule has 0 bridgehead atoms. The van der Waals surface area contributed by atoms with Gasteiger partial charge in [-0.3, -0.25) is 4.79 Å². The number of hydrogen-bond donors (Lipinski definition) is 0. The molecule has 2 heterocycles. The number of para-hydroxylation sites is 1. The van der Waals surface area contributed by atoms with Gasteiger partial charge in [-0.1, -0.05) is 35.9 Å². The number of carbonyl (C=O) groups is 1. The van der Waals surface area contributed by atoms with Crippen LogP contribution in [0.3, 0.4) is 0 Å². The Balaban J connectivity index is 1.44. The van der Waals surface area contributed by atoms with E-state index < -0.39 is 10.0 Å². The van der Waals surface area contributed by atoms with Gasteiger partial charge >= 0.3 is 0 Å². The maximum absolute atomic E-state index is 13.3. The predicted molar refractivity (Wildman–Crippen MR) is 130 cm³/mol. The highest BCUT2D eigenvalue weighted by molar-refractivity contribution is 7.89. The molecule has 1 aliphatic rings. The van der Waals surface area contributed by atoms with E-state index in [4.69, 9.17) is 4.42 Å². The number of amides is 1. The Bertz CT molecular complexity index is 1230. The van der Waals surface area contributed by atoms with Crippen molar-refractivity contribution in [3.63, 3.8) is 0 Å². The van der Waals surface area contributed by atoms with E-state index in [0.717, 1.165) is 33.4 Å². The van der Waals surface area contributed by atoms with Crippen LogP contribution in [0, 0.1) is 26.7 Å². The summed E-state index contributed by atoms with van der Waals surface area (Å²) in [7, 11) is -1.80. The van der Waals surface area contributed by atoms with Crippen molar-refractivity contribution in [2.45, 2.75) is 51.5 Å². The van der Waals surface area contributed by atoms with Crippen molar-refractivity contribution in [2.75, 3.05) is 20.1 Å². The van der Waals surface area contributed by atoms with E-state index >= 15 is 0 Å². The molecule has 0 radical (unpaired) electrons. The van der Waals surface area contributed by atoms with Crippen LogP contribution in [0.4, 0.5) is 0 Å². The smallest absolute Gasteiger partial charge is 0.243 e. The van der Waals surface area contributed by atoms with Crippen molar-refractivity contribution in [1.82, 2.24) is 9.21 Å². The summed E-state index contributed by atoms with van der Waals surface area (Å²) in [6, 6.07) is 13.4. The minimum atomic E-state index is -3.59. The van der Waals surface area contributed by atoms with Gasteiger partial charge in [0, 0.05) is 31.4 Å². The summed E-state index contributed by atoms with van der Waals surface area (Å²) in [5.74, 6) is 0.577. The average molecular weight is 469 g/mol. The van der Waals surface area contributed by atoms with E-state index in [1.165, 1.54) is 4.31 Å². The molecule has 0 aliphatic carbocycles. The molecule has 7 heteroatoms. The van der Waals surface area contributed by atoms with Gasteiger partial charge in [-0.25, -0.2) is 8.42 Å². The average Bonchev–Trinajstić information content (AvgIpc) is 3.21. The summed E-state index contributed by atoms with van der Waals surface area (Å²) in [6.07, 6.45) is 1.03. The van der Waals surface area contributed by atoms with E-state index in [1.54, 1.807) is 11.9 Å². The third-order valence-corrected chi connectivity index (χ3v) is 9.00. The topological polar surface area (TPSA) is 70.8 Å². The summed E-state index contributed by atoms with van der Waals surface area (Å²) < 4.78 is 34.2. The number of carbonyl (C=O) groups excluding carboxylic acids is 1. The van der Waals surface area contributed by atoms with Crippen LogP contribution in [0.5, 0.6) is 0 Å². The first-order valence-corrected chi connectivity index (χ1v) is 12.9. The number of rotatable bonds is 5. The Morgan fingerprint density at radius 1 is 1.06 bits per heavy atom. The quantitative estimate of drug-likeness (QED) is 0.530. The first-order valence-electron chi connectivity index (χ1n) is 11.4. The SMILES string of the molecule is Cc1cc(C)c(S(=O)(=O)N2CCC(C(=O)N(C)C(C)c3cc4ccccc4o3)CC2)c(C)c1. The normalized spacial score (nSPS) is 16.8. The molecular formula is C26H32N2O4S. The molecule has 0 saturated carbocycles. The third kappa shape index (κ3) is 4.44. The molecule has 4 rings (SSSR count). The second-order valence-corrected chi connectivity index (χ2v) is 11.1. The van der Waals surface area contributed by atoms with Crippen molar-refractivity contribution < 1.29 is 17.6 Å². The van der Waals surface area contributed by atoms with Gasteiger partial charge in [-0.05, 0) is 63.8 Å². The molecule has 1 amide bonds. The highest BCUT2D eigenvalue weighted by Gasteiger charge is 2.35. The highest BCUT2D eigenvalue weighted by atomic mass is 32.2. The monoisotopic (exact) mass is 468 g/mol. The molecule has 0 N–H and O–H groups in total. The Kier molecular flexibility index (Phi) is 6.38. The van der Waals surface area contributed by atoms with Gasteiger partial charge in [0.15, 0.2) is 0 Å². The molecule has 3 aromatic rings. The number of fused-ring (bicyclic) bond motifs is 1. The fraction of sp³-hybridized carbons (Fsp3) is 0.423. The summed E-state index contributed by atoms with van der Waals surface area (Å²) in [6.45, 7) is 8.31. The lowest BCUT2D eigenvalue weighted by molar-refractivity contribution is -0.137. The van der Waals surface area contributed by atoms with Gasteiger partial charge in [-0.2, -0.15) is 4.31 Å². The van der Waals surface area contributed by atoms with Crippen LogP contribution in [-0.2, 0) is 14.8 Å². The second-order valence-electron chi connectivity index (χ2n) is 9.22. The maximum Gasteiger partial charge on any atom is 0.243 e. The van der Waals surface area contributed by atoms with Gasteiger partial charge < -0.3 is 9.32 Å². The summed E-state index contributed by atoms with van der Waals surface area (Å²) in [5, 5.41) is 1.01. The van der Waals surface area contributed by atoms with Crippen molar-refractivity contribution >= 4 is 26.9 Å². The van der Waals surface area contributed by atoms with Crippen LogP contribution in [0.1, 0.15) is 48.3 Å². The van der Waals surface area contributed by atoms with E-state index in [-0.39, 0.29) is 17.9 Å². The summed E-state index contributed by atoms with van der Waals surface area (Å²) in [5.41, 5.74) is 3.39. The second kappa shape index (κ2) is 8.95. The molecule has 176 valence electrons. The van der Waals surface area contributed by atoms with E-state index in [1.807, 2.05) is 70.2 Å². The number of benzene rings is 2. The molecule has 0 spiro atoms. The lowest BCUT2D eigenvalue weighted by atomic mass is 9.96. The standard InChI is InChI=1S/C26H32N2O4S/c1-17-14-18(2)25(19(3)15-17)33(30,31)28-12-10-21(11-13-28)26(29)27(5)20(4)24-16-22-8-6-7-9-23(22)32-24/h6-9,14-16,20-21H,10-13H2,1-5H3. The zero-order valence-electron chi connectivity index (χ0n) is 20.0. The molecule has 1 aromatic heterocycles. The van der Waals surface area contributed by atoms with Gasteiger partial charge in [0.05, 0.1) is 10.9 Å². The van der Waals surface area contributed by atoms with E-state index in [2.05, 4.69) is 0 Å². The summed E-state index contributed by atoms with van der Waals surface area (Å²) in [4.78, 5) is 15.3. The number of aryl methyl sites for hydroxylation is 3. The zero-order chi connectivity index (χ0) is 23.9. The van der Waals surface area contributed by atoms with Crippen LogP contribution in [0.2, 0.25) is 0 Å². The van der Waals surface area contributed by atoms with Crippen molar-refractivity contribution in [2.24, 2.45) is 5.92 Å². The lowest BCUT2D eigenvalue weighted by Crippen LogP contribution is -2.44. The molecule has 1 atom stereocenters. The van der Waals surface area contributed by atoms with Crippen LogP contribution in [-0.4, -0.2) is 43.7 Å². The van der Waals surface area contributed by atoms with Crippen LogP contribution < -0.4 is 0 Å². The van der Waals surface area contributed by atoms with Crippen LogP contribution in [0.25, 0.3) is 11.0 Å². The number of hydrogen-bond acceptors (Lipinski definition) is 4. The predicted octanol–water partition coefficient (Wildman–Crippen LogP) is 4.98. The fourth-order valence-electron chi connectivity index (χ4n) is 4.92. The minimum Gasteiger partial charge on any atom is -0.459 e. The van der Waals surface area contributed by atoms with Crippen molar-refractivity contribution in [3.05, 3.63) is 64.9 Å². The van der Waals surface area contributed by atoms with E-state index in [0.29, 0.717) is 30.8 Å². The molecule has 1 fully saturated rings. The molecular weight excluding hydrogens is 436 g/mol. The molecule has 33 heavy (non-hydrogen) atoms. The minimum absolute atomic E-state index is 0.0303. The molecule has 2 aromatic carbocycles. The Hall–Kier alpha value is -2.64. The molecule has 1 unspecified atom stereocenters. The molecule has 6 nitrogen and oxygen atoms in total. The zero-order valence-corrected chi connectivity index (χ0v) is 20.8. The van der Waals surface area contributed by atoms with Gasteiger partial charge in [0.2, 0.25) is 15.9 Å². The number of furan rings is 1. The maximum atomic E-state index is 13.3. The summed E-state index contributed by atoms with van der Waals surface area (Å²) >= 11 is 0. The highest BCUT2D eigenvalue weighted by Crippen LogP contribution is 2.32. The Labute approximate surface area is 196 Å². The largest absolute Gasteiger partial charge is 0.459 e. The first kappa shape index (κ1) is 23.5. The van der Waals surface area contributed by atoms with Gasteiger partial charge in [0.1, 0.15) is 11.3 Å². The number of nitrogens with zero attached hydrogens (tertiary/aromatic N) is 2. The number of piperidine rings is 1. The Morgan fingerprint density at radius 3 is 2.27 bits per heavy atom. The van der Waals surface area contributed by atoms with Crippen molar-refractivity contribution in [3.8, 4) is 0 Å². The van der Waals surface area contributed by atoms with Gasteiger partial charge in [-0.15, -0.1) is 0 Å². The lowest BCUT2D eigenvalue weighted by Gasteiger charge is -2.34. The van der Waals surface area contributed by atoms with E-state index in [9.17, 15) is 13.2 Å². The van der Waals surface area contributed by atoms with Crippen molar-refractivity contribution in [1.29, 1.82) is 0 Å². The third-order valence-electron chi connectivity index (χ3n) is 6.79. The van der Waals surface area contributed by atoms with Crippen LogP contribution in [0.15, 0.2) is 51.8 Å². The Morgan fingerprint density at radius 2 is 1.67 bits per heavy atom. The fourth-order valence-corrected chi connectivity index (χ4v) is 6.81. The molecule has 1 aliphatic heterocycles.